The highest BCUT2D eigenvalue weighted by Gasteiger charge is 2.28. The Kier molecular flexibility index (Phi) is 6.24. The van der Waals surface area contributed by atoms with Crippen LogP contribution in [0.25, 0.3) is 0 Å². The van der Waals surface area contributed by atoms with Crippen LogP contribution in [0.3, 0.4) is 0 Å². The monoisotopic (exact) mass is 484 g/mol. The van der Waals surface area contributed by atoms with Crippen molar-refractivity contribution in [3.63, 3.8) is 0 Å². The summed E-state index contributed by atoms with van der Waals surface area (Å²) in [5.41, 5.74) is 13.7. The van der Waals surface area contributed by atoms with Crippen molar-refractivity contribution in [2.24, 2.45) is 5.73 Å². The number of aryl methyl sites for hydroxylation is 1. The third-order valence-corrected chi connectivity index (χ3v) is 8.64. The minimum absolute atomic E-state index is 0.00217. The van der Waals surface area contributed by atoms with Crippen molar-refractivity contribution in [2.45, 2.75) is 24.7 Å². The molecule has 3 aromatic rings. The van der Waals surface area contributed by atoms with Crippen molar-refractivity contribution in [2.75, 3.05) is 24.1 Å². The Morgan fingerprint density at radius 3 is 2.27 bits per heavy atom. The molecule has 0 radical (unpaired) electrons. The van der Waals surface area contributed by atoms with E-state index in [0.29, 0.717) is 18.1 Å². The second-order valence-corrected chi connectivity index (χ2v) is 10.8. The Morgan fingerprint density at radius 2 is 1.67 bits per heavy atom. The van der Waals surface area contributed by atoms with Crippen LogP contribution in [0, 0.1) is 6.92 Å². The van der Waals surface area contributed by atoms with Crippen LogP contribution in [-0.2, 0) is 10.0 Å². The molecule has 1 amide bonds. The molecule has 1 fully saturated rings. The molecule has 1 aliphatic rings. The lowest BCUT2D eigenvalue weighted by Gasteiger charge is -2.15. The molecule has 10 heteroatoms. The van der Waals surface area contributed by atoms with Gasteiger partial charge in [0, 0.05) is 24.3 Å². The maximum Gasteiger partial charge on any atom is 0.253 e. The van der Waals surface area contributed by atoms with E-state index in [-0.39, 0.29) is 26.6 Å². The number of hydrogen-bond donors (Lipinski definition) is 3. The summed E-state index contributed by atoms with van der Waals surface area (Å²) in [4.78, 5) is 25.6. The zero-order valence-electron chi connectivity index (χ0n) is 18.0. The molecule has 33 heavy (non-hydrogen) atoms. The van der Waals surface area contributed by atoms with E-state index in [2.05, 4.69) is 5.32 Å². The summed E-state index contributed by atoms with van der Waals surface area (Å²) in [6.45, 7) is 2.91. The highest BCUT2D eigenvalue weighted by atomic mass is 32.2. The first-order valence-electron chi connectivity index (χ1n) is 10.4. The first-order valence-corrected chi connectivity index (χ1v) is 12.7. The Labute approximate surface area is 196 Å². The molecule has 1 aliphatic heterocycles. The number of nitrogens with one attached hydrogen (secondary N) is 1. The molecule has 2 heterocycles. The number of para-hydroxylation sites is 1. The first kappa shape index (κ1) is 23.0. The van der Waals surface area contributed by atoms with Gasteiger partial charge in [0.1, 0.15) is 9.88 Å². The predicted molar refractivity (Wildman–Crippen MR) is 130 cm³/mol. The topological polar surface area (TPSA) is 136 Å². The van der Waals surface area contributed by atoms with Gasteiger partial charge in [0.25, 0.3) is 5.91 Å². The number of thiophene rings is 1. The van der Waals surface area contributed by atoms with E-state index in [1.807, 2.05) is 31.2 Å². The number of sulfonamides is 1. The van der Waals surface area contributed by atoms with E-state index in [9.17, 15) is 18.0 Å². The zero-order chi connectivity index (χ0) is 23.8. The lowest BCUT2D eigenvalue weighted by Crippen LogP contribution is -2.27. The average molecular weight is 485 g/mol. The fourth-order valence-corrected chi connectivity index (χ4v) is 6.38. The average Bonchev–Trinajstić information content (AvgIpc) is 3.44. The summed E-state index contributed by atoms with van der Waals surface area (Å²) in [5, 5.41) is 3.53. The Morgan fingerprint density at radius 1 is 1.03 bits per heavy atom. The van der Waals surface area contributed by atoms with Crippen LogP contribution in [0.15, 0.2) is 53.4 Å². The number of benzene rings is 2. The van der Waals surface area contributed by atoms with Crippen LogP contribution in [-0.4, -0.2) is 37.5 Å². The minimum Gasteiger partial charge on any atom is -0.397 e. The number of nitrogens with zero attached hydrogens (tertiary/aromatic N) is 1. The summed E-state index contributed by atoms with van der Waals surface area (Å²) in [6.07, 6.45) is 1.68. The lowest BCUT2D eigenvalue weighted by molar-refractivity contribution is 0.100. The molecule has 1 aromatic heterocycles. The first-order chi connectivity index (χ1) is 15.7. The fraction of sp³-hybridized carbons (Fsp3) is 0.217. The Balaban J connectivity index is 1.65. The van der Waals surface area contributed by atoms with Gasteiger partial charge in [-0.15, -0.1) is 11.3 Å². The van der Waals surface area contributed by atoms with Crippen molar-refractivity contribution in [3.05, 3.63) is 70.1 Å². The third-order valence-electron chi connectivity index (χ3n) is 5.61. The molecule has 5 N–H and O–H groups in total. The fourth-order valence-electron chi connectivity index (χ4n) is 3.77. The second kappa shape index (κ2) is 8.97. The largest absolute Gasteiger partial charge is 0.397 e. The van der Waals surface area contributed by atoms with Crippen LogP contribution in [0.4, 0.5) is 16.4 Å². The molecule has 0 atom stereocenters. The number of ketones is 1. The van der Waals surface area contributed by atoms with Crippen molar-refractivity contribution in [1.82, 2.24) is 4.31 Å². The number of nitrogens with two attached hydrogens (primary N) is 2. The van der Waals surface area contributed by atoms with E-state index >= 15 is 0 Å². The van der Waals surface area contributed by atoms with E-state index in [0.717, 1.165) is 35.4 Å². The summed E-state index contributed by atoms with van der Waals surface area (Å²) < 4.78 is 26.9. The molecule has 4 rings (SSSR count). The molecule has 8 nitrogen and oxygen atoms in total. The van der Waals surface area contributed by atoms with Gasteiger partial charge in [-0.2, -0.15) is 4.31 Å². The van der Waals surface area contributed by atoms with Gasteiger partial charge in [0.15, 0.2) is 0 Å². The Hall–Kier alpha value is -3.21. The quantitative estimate of drug-likeness (QED) is 0.439. The summed E-state index contributed by atoms with van der Waals surface area (Å²) >= 11 is 1.04. The number of carbonyl (C=O) groups excluding carboxylic acids is 2. The summed E-state index contributed by atoms with van der Waals surface area (Å²) in [5.74, 6) is -1.16. The molecule has 172 valence electrons. The molecule has 1 saturated heterocycles. The molecule has 2 aromatic carbocycles. The number of amides is 1. The molecule has 0 saturated carbocycles. The molecule has 0 aliphatic carbocycles. The van der Waals surface area contributed by atoms with E-state index in [1.165, 1.54) is 28.6 Å². The van der Waals surface area contributed by atoms with E-state index < -0.39 is 21.7 Å². The smallest absolute Gasteiger partial charge is 0.253 e. The third kappa shape index (κ3) is 4.37. The number of hydrogen-bond acceptors (Lipinski definition) is 7. The van der Waals surface area contributed by atoms with Crippen LogP contribution in [0.5, 0.6) is 0 Å². The van der Waals surface area contributed by atoms with E-state index in [4.69, 9.17) is 11.5 Å². The van der Waals surface area contributed by atoms with Crippen LogP contribution < -0.4 is 16.8 Å². The van der Waals surface area contributed by atoms with Crippen LogP contribution in [0.1, 0.15) is 44.0 Å². The SMILES string of the molecule is Cc1ccccc1Nc1sc(C(=O)c2ccc(S(=O)(=O)N3CCCC3)cc2)c(N)c1C(N)=O. The van der Waals surface area contributed by atoms with Gasteiger partial charge < -0.3 is 16.8 Å². The van der Waals surface area contributed by atoms with Gasteiger partial charge in [0.05, 0.1) is 16.1 Å². The van der Waals surface area contributed by atoms with Gasteiger partial charge in [-0.1, -0.05) is 18.2 Å². The highest BCUT2D eigenvalue weighted by Crippen LogP contribution is 2.39. The van der Waals surface area contributed by atoms with Gasteiger partial charge in [-0.3, -0.25) is 9.59 Å². The highest BCUT2D eigenvalue weighted by molar-refractivity contribution is 7.89. The maximum atomic E-state index is 13.2. The van der Waals surface area contributed by atoms with Gasteiger partial charge in [0.2, 0.25) is 15.8 Å². The predicted octanol–water partition coefficient (Wildman–Crippen LogP) is 3.50. The van der Waals surface area contributed by atoms with Crippen LogP contribution in [0.2, 0.25) is 0 Å². The second-order valence-electron chi connectivity index (χ2n) is 7.82. The minimum atomic E-state index is -3.58. The number of nitrogen functional groups attached to an aromatic ring is 1. The van der Waals surface area contributed by atoms with E-state index in [1.54, 1.807) is 0 Å². The number of carbonyl (C=O) groups is 2. The molecular formula is C23H24N4O4S2. The van der Waals surface area contributed by atoms with Crippen molar-refractivity contribution >= 4 is 49.4 Å². The summed E-state index contributed by atoms with van der Waals surface area (Å²) in [7, 11) is -3.58. The van der Waals surface area contributed by atoms with Gasteiger partial charge in [-0.25, -0.2) is 8.42 Å². The molecule has 0 spiro atoms. The maximum absolute atomic E-state index is 13.2. The number of anilines is 3. The number of primary amides is 1. The Bertz CT molecular complexity index is 1320. The van der Waals surface area contributed by atoms with Crippen molar-refractivity contribution in [1.29, 1.82) is 0 Å². The van der Waals surface area contributed by atoms with Crippen molar-refractivity contribution < 1.29 is 18.0 Å². The van der Waals surface area contributed by atoms with Gasteiger partial charge in [-0.05, 0) is 55.7 Å². The molecular weight excluding hydrogens is 460 g/mol. The molecule has 0 bridgehead atoms. The lowest BCUT2D eigenvalue weighted by atomic mass is 10.1. The van der Waals surface area contributed by atoms with Crippen LogP contribution >= 0.6 is 11.3 Å². The summed E-state index contributed by atoms with van der Waals surface area (Å²) in [6, 6.07) is 13.3. The van der Waals surface area contributed by atoms with Crippen molar-refractivity contribution in [3.8, 4) is 0 Å². The number of rotatable bonds is 7. The normalized spacial score (nSPS) is 14.3. The standard InChI is InChI=1S/C23H24N4O4S2/c1-14-6-2-3-7-17(14)26-23-18(22(25)29)19(24)21(32-23)20(28)15-8-10-16(11-9-15)33(30,31)27-12-4-5-13-27/h2-3,6-11,26H,4-5,12-13,24H2,1H3,(H2,25,29). The molecule has 0 unspecified atom stereocenters. The zero-order valence-corrected chi connectivity index (χ0v) is 19.6. The van der Waals surface area contributed by atoms with Gasteiger partial charge >= 0.3 is 0 Å².